The number of rotatable bonds is 4. The number of halogens is 3. The van der Waals surface area contributed by atoms with Crippen LogP contribution in [0.15, 0.2) is 41.5 Å². The van der Waals surface area contributed by atoms with Gasteiger partial charge in [0.1, 0.15) is 11.2 Å². The normalized spacial score (nSPS) is 28.5. The third-order valence-corrected chi connectivity index (χ3v) is 8.31. The van der Waals surface area contributed by atoms with Gasteiger partial charge in [-0.2, -0.15) is 18.3 Å². The monoisotopic (exact) mass is 473 g/mol. The minimum Gasteiger partial charge on any atom is -0.304 e. The van der Waals surface area contributed by atoms with Gasteiger partial charge in [-0.1, -0.05) is 30.8 Å². The number of thioether (sulfide) groups is 1. The molecular formula is C24H22F3N3O2S. The summed E-state index contributed by atoms with van der Waals surface area (Å²) in [6.45, 7) is 4.11. The lowest BCUT2D eigenvalue weighted by Crippen LogP contribution is -2.59. The highest BCUT2D eigenvalue weighted by molar-refractivity contribution is 8.13. The number of anilines is 1. The second kappa shape index (κ2) is 7.35. The Kier molecular flexibility index (Phi) is 4.90. The van der Waals surface area contributed by atoms with E-state index in [1.165, 1.54) is 11.0 Å². The Bertz CT molecular complexity index is 1180. The third-order valence-electron chi connectivity index (χ3n) is 7.14. The van der Waals surface area contributed by atoms with Crippen LogP contribution in [0.4, 0.5) is 18.9 Å². The molecule has 0 saturated heterocycles. The number of carbonyl (C=O) groups excluding carboxylic acids is 2. The van der Waals surface area contributed by atoms with Crippen molar-refractivity contribution >= 4 is 35.2 Å². The van der Waals surface area contributed by atoms with E-state index in [1.807, 2.05) is 18.2 Å². The number of aldehydes is 1. The first-order valence-electron chi connectivity index (χ1n) is 10.7. The Morgan fingerprint density at radius 2 is 2.00 bits per heavy atom. The maximum absolute atomic E-state index is 13.7. The number of nitrogens with one attached hydrogen (secondary N) is 1. The molecule has 1 N–H and O–H groups in total. The largest absolute Gasteiger partial charge is 0.416 e. The number of fused-ring (bicyclic) bond motifs is 1. The van der Waals surface area contributed by atoms with Crippen molar-refractivity contribution in [1.82, 2.24) is 5.43 Å². The molecule has 1 unspecified atom stereocenters. The molecule has 0 bridgehead atoms. The zero-order chi connectivity index (χ0) is 23.6. The summed E-state index contributed by atoms with van der Waals surface area (Å²) in [4.78, 5) is 25.4. The van der Waals surface area contributed by atoms with E-state index in [4.69, 9.17) is 0 Å². The van der Waals surface area contributed by atoms with Gasteiger partial charge in [-0.05, 0) is 61.1 Å². The van der Waals surface area contributed by atoms with Crippen molar-refractivity contribution in [2.45, 2.75) is 49.7 Å². The standard InChI is InChI=1S/C24H22F3N3O2S/c1-14-9-23(10-14,22(2)29-28-13-33-22)16-4-3-5-17(8-16)30-11-19-18(21(30)32)6-15(12-31)7-20(19)24(25,26)27/h3-8,12-14,29H,9-11H2,1-2H3. The lowest BCUT2D eigenvalue weighted by atomic mass is 9.55. The molecule has 2 heterocycles. The van der Waals surface area contributed by atoms with E-state index in [0.29, 0.717) is 17.9 Å². The van der Waals surface area contributed by atoms with E-state index in [2.05, 4.69) is 24.4 Å². The van der Waals surface area contributed by atoms with Crippen molar-refractivity contribution in [3.63, 3.8) is 0 Å². The first kappa shape index (κ1) is 22.0. The van der Waals surface area contributed by atoms with Gasteiger partial charge in [0, 0.05) is 22.2 Å². The Labute approximate surface area is 193 Å². The van der Waals surface area contributed by atoms with Gasteiger partial charge < -0.3 is 4.90 Å². The molecule has 9 heteroatoms. The third kappa shape index (κ3) is 3.27. The molecular weight excluding hydrogens is 451 g/mol. The van der Waals surface area contributed by atoms with Crippen LogP contribution in [0.1, 0.15) is 64.1 Å². The fraction of sp³-hybridized carbons (Fsp3) is 0.375. The number of amides is 1. The SMILES string of the molecule is CC1CC(c2cccc(N3Cc4c(cc(C=O)cc4C(F)(F)F)C3=O)c2)(C2(C)NN=CS2)C1. The topological polar surface area (TPSA) is 61.8 Å². The fourth-order valence-corrected chi connectivity index (χ4v) is 6.42. The Hall–Kier alpha value is -2.81. The molecule has 1 saturated carbocycles. The highest BCUT2D eigenvalue weighted by Gasteiger charge is 2.57. The van der Waals surface area contributed by atoms with Crippen LogP contribution in [0.2, 0.25) is 0 Å². The molecule has 2 aromatic carbocycles. The first-order valence-corrected chi connectivity index (χ1v) is 11.5. The second-order valence-corrected chi connectivity index (χ2v) is 10.5. The van der Waals surface area contributed by atoms with Gasteiger partial charge in [0.25, 0.3) is 5.91 Å². The molecule has 1 aliphatic carbocycles. The maximum atomic E-state index is 13.7. The van der Waals surface area contributed by atoms with E-state index < -0.39 is 17.6 Å². The number of nitrogens with zero attached hydrogens (tertiary/aromatic N) is 2. The summed E-state index contributed by atoms with van der Waals surface area (Å²) in [5.41, 5.74) is 5.11. The van der Waals surface area contributed by atoms with Crippen LogP contribution >= 0.6 is 11.8 Å². The van der Waals surface area contributed by atoms with Crippen LogP contribution in [0.25, 0.3) is 0 Å². The fourth-order valence-electron chi connectivity index (χ4n) is 5.49. The summed E-state index contributed by atoms with van der Waals surface area (Å²) in [6.07, 6.45) is -2.45. The van der Waals surface area contributed by atoms with E-state index in [9.17, 15) is 22.8 Å². The van der Waals surface area contributed by atoms with Crippen LogP contribution in [0.3, 0.4) is 0 Å². The van der Waals surface area contributed by atoms with Gasteiger partial charge >= 0.3 is 6.18 Å². The molecule has 0 radical (unpaired) electrons. The maximum Gasteiger partial charge on any atom is 0.416 e. The van der Waals surface area contributed by atoms with Crippen molar-refractivity contribution in [2.24, 2.45) is 11.0 Å². The molecule has 0 aromatic heterocycles. The molecule has 3 aliphatic rings. The summed E-state index contributed by atoms with van der Waals surface area (Å²) in [7, 11) is 0. The summed E-state index contributed by atoms with van der Waals surface area (Å²) in [6, 6.07) is 9.57. The van der Waals surface area contributed by atoms with Crippen LogP contribution in [0, 0.1) is 5.92 Å². The van der Waals surface area contributed by atoms with E-state index in [0.717, 1.165) is 24.5 Å². The molecule has 1 fully saturated rings. The Morgan fingerprint density at radius 3 is 2.61 bits per heavy atom. The second-order valence-electron chi connectivity index (χ2n) is 9.24. The summed E-state index contributed by atoms with van der Waals surface area (Å²) in [5, 5.41) is 4.21. The number of hydrogen-bond donors (Lipinski definition) is 1. The van der Waals surface area contributed by atoms with Crippen molar-refractivity contribution in [2.75, 3.05) is 4.90 Å². The van der Waals surface area contributed by atoms with Crippen molar-refractivity contribution in [3.05, 3.63) is 64.2 Å². The smallest absolute Gasteiger partial charge is 0.304 e. The molecule has 2 aromatic rings. The van der Waals surface area contributed by atoms with E-state index in [1.54, 1.807) is 23.4 Å². The lowest BCUT2D eigenvalue weighted by Gasteiger charge is -2.55. The molecule has 1 amide bonds. The van der Waals surface area contributed by atoms with Crippen molar-refractivity contribution in [1.29, 1.82) is 0 Å². The van der Waals surface area contributed by atoms with Gasteiger partial charge in [-0.15, -0.1) is 0 Å². The van der Waals surface area contributed by atoms with Crippen LogP contribution in [0.5, 0.6) is 0 Å². The molecule has 5 nitrogen and oxygen atoms in total. The highest BCUT2D eigenvalue weighted by Crippen LogP contribution is 2.58. The average molecular weight is 474 g/mol. The number of benzene rings is 2. The van der Waals surface area contributed by atoms with E-state index in [-0.39, 0.29) is 33.5 Å². The number of hydrazone groups is 1. The zero-order valence-corrected chi connectivity index (χ0v) is 18.9. The molecule has 1 atom stereocenters. The predicted octanol–water partition coefficient (Wildman–Crippen LogP) is 5.34. The molecule has 0 spiro atoms. The van der Waals surface area contributed by atoms with Gasteiger partial charge in [0.15, 0.2) is 0 Å². The minimum absolute atomic E-state index is 0.0716. The van der Waals surface area contributed by atoms with Crippen LogP contribution in [-0.4, -0.2) is 22.6 Å². The van der Waals surface area contributed by atoms with Gasteiger partial charge in [-0.3, -0.25) is 15.0 Å². The van der Waals surface area contributed by atoms with Gasteiger partial charge in [0.2, 0.25) is 0 Å². The van der Waals surface area contributed by atoms with E-state index >= 15 is 0 Å². The van der Waals surface area contributed by atoms with Crippen LogP contribution < -0.4 is 10.3 Å². The lowest BCUT2D eigenvalue weighted by molar-refractivity contribution is -0.138. The van der Waals surface area contributed by atoms with Crippen LogP contribution in [-0.2, 0) is 18.1 Å². The quantitative estimate of drug-likeness (QED) is 0.609. The summed E-state index contributed by atoms with van der Waals surface area (Å²) in [5.74, 6) is -0.00227. The molecule has 5 rings (SSSR count). The highest BCUT2D eigenvalue weighted by atomic mass is 32.2. The van der Waals surface area contributed by atoms with Crippen molar-refractivity contribution < 1.29 is 22.8 Å². The zero-order valence-electron chi connectivity index (χ0n) is 18.1. The van der Waals surface area contributed by atoms with Crippen molar-refractivity contribution in [3.8, 4) is 0 Å². The molecule has 33 heavy (non-hydrogen) atoms. The number of hydrogen-bond acceptors (Lipinski definition) is 5. The molecule has 2 aliphatic heterocycles. The number of alkyl halides is 3. The van der Waals surface area contributed by atoms with Gasteiger partial charge in [-0.25, -0.2) is 0 Å². The Balaban J connectivity index is 1.55. The predicted molar refractivity (Wildman–Crippen MR) is 121 cm³/mol. The first-order chi connectivity index (χ1) is 15.6. The van der Waals surface area contributed by atoms with Gasteiger partial charge in [0.05, 0.1) is 17.7 Å². The average Bonchev–Trinajstić information content (AvgIpc) is 3.34. The minimum atomic E-state index is -4.66. The summed E-state index contributed by atoms with van der Waals surface area (Å²) < 4.78 is 41.0. The molecule has 172 valence electrons. The Morgan fingerprint density at radius 1 is 1.24 bits per heavy atom. The number of carbonyl (C=O) groups is 2. The summed E-state index contributed by atoms with van der Waals surface area (Å²) >= 11 is 1.62.